The first-order valence-electron chi connectivity index (χ1n) is 6.04. The smallest absolute Gasteiger partial charge is 0.207 e. The second-order valence-electron chi connectivity index (χ2n) is 4.22. The minimum atomic E-state index is 0. The molecule has 0 aliphatic heterocycles. The molecule has 1 heterocycles. The predicted molar refractivity (Wildman–Crippen MR) is 84.7 cm³/mol. The Hall–Kier alpha value is -0.196. The maximum Gasteiger partial charge on any atom is 0.207 e. The van der Waals surface area contributed by atoms with Crippen molar-refractivity contribution in [1.82, 2.24) is 4.57 Å². The van der Waals surface area contributed by atoms with Crippen LogP contribution in [0.1, 0.15) is 12.5 Å². The third kappa shape index (κ3) is 3.52. The van der Waals surface area contributed by atoms with Crippen molar-refractivity contribution in [2.45, 2.75) is 20.4 Å². The summed E-state index contributed by atoms with van der Waals surface area (Å²) < 4.78 is 7.64. The fraction of sp³-hybridized carbons (Fsp3) is 0.267. The van der Waals surface area contributed by atoms with Gasteiger partial charge in [-0.05, 0) is 22.6 Å². The van der Waals surface area contributed by atoms with Gasteiger partial charge in [0.05, 0.1) is 7.11 Å². The number of pyridine rings is 1. The number of methoxy groups -OCH3 is 1. The first kappa shape index (κ1) is 17.9. The molecule has 5 heteroatoms. The summed E-state index contributed by atoms with van der Waals surface area (Å²) in [6.07, 6.45) is 0. The largest absolute Gasteiger partial charge is 0.497 e. The van der Waals surface area contributed by atoms with E-state index in [2.05, 4.69) is 6.07 Å². The number of ether oxygens (including phenoxy) is 1. The second-order valence-corrected chi connectivity index (χ2v) is 5.38. The Morgan fingerprint density at radius 2 is 2.10 bits per heavy atom. The molecule has 2 aromatic rings. The number of hydrogen-bond acceptors (Lipinski definition) is 2. The molecule has 0 amide bonds. The van der Waals surface area contributed by atoms with Gasteiger partial charge in [0.15, 0.2) is 0 Å². The number of rotatable bonds is 3. The normalized spacial score (nSPS) is 10.0. The van der Waals surface area contributed by atoms with Gasteiger partial charge in [0.2, 0.25) is 5.56 Å². The monoisotopic (exact) mass is 457 g/mol. The molecule has 0 aliphatic rings. The van der Waals surface area contributed by atoms with E-state index < -0.39 is 0 Å². The molecule has 0 aliphatic carbocycles. The Morgan fingerprint density at radius 3 is 2.65 bits per heavy atom. The predicted octanol–water partition coefficient (Wildman–Crippen LogP) is 3.25. The molecule has 0 N–H and O–H groups in total. The number of hydrogen-bond donors (Lipinski definition) is 0. The van der Waals surface area contributed by atoms with Crippen LogP contribution in [-0.2, 0) is 39.3 Å². The molecule has 0 unspecified atom stereocenters. The molecular weight excluding hydrogens is 442 g/mol. The summed E-state index contributed by atoms with van der Waals surface area (Å²) in [6, 6.07) is 10.8. The Labute approximate surface area is 157 Å². The maximum absolute atomic E-state index is 12.1. The van der Waals surface area contributed by atoms with Gasteiger partial charge in [0, 0.05) is 39.3 Å². The van der Waals surface area contributed by atoms with Gasteiger partial charge in [0.25, 0.3) is 0 Å². The Bertz CT molecular complexity index is 667. The van der Waals surface area contributed by atoms with Crippen molar-refractivity contribution in [3.8, 4) is 17.0 Å². The van der Waals surface area contributed by atoms with Crippen molar-refractivity contribution in [3.05, 3.63) is 49.8 Å². The molecule has 1 aromatic carbocycles. The molecule has 20 heavy (non-hydrogen) atoms. The Balaban J connectivity index is 0.00000200. The van der Waals surface area contributed by atoms with Crippen molar-refractivity contribution in [3.63, 3.8) is 0 Å². The molecule has 0 bridgehead atoms. The van der Waals surface area contributed by atoms with Crippen LogP contribution in [0.5, 0.6) is 5.75 Å². The molecule has 1 radical (unpaired) electrons. The average Bonchev–Trinajstić information content (AvgIpc) is 2.42. The fourth-order valence-electron chi connectivity index (χ4n) is 2.06. The van der Waals surface area contributed by atoms with Gasteiger partial charge in [0.1, 0.15) is 5.75 Å². The number of aryl methyl sites for hydroxylation is 1. The van der Waals surface area contributed by atoms with Crippen LogP contribution in [0.15, 0.2) is 29.1 Å². The van der Waals surface area contributed by atoms with E-state index in [0.29, 0.717) is 10.1 Å². The summed E-state index contributed by atoms with van der Waals surface area (Å²) in [5.41, 5.74) is 2.94. The van der Waals surface area contributed by atoms with Gasteiger partial charge in [-0.1, -0.05) is 23.7 Å². The topological polar surface area (TPSA) is 31.2 Å². The zero-order valence-corrected chi connectivity index (χ0v) is 16.7. The van der Waals surface area contributed by atoms with Crippen molar-refractivity contribution in [2.75, 3.05) is 7.11 Å². The molecule has 0 fully saturated rings. The van der Waals surface area contributed by atoms with E-state index >= 15 is 0 Å². The van der Waals surface area contributed by atoms with Crippen molar-refractivity contribution >= 4 is 22.6 Å². The van der Waals surface area contributed by atoms with Crippen LogP contribution in [0, 0.1) is 16.6 Å². The van der Waals surface area contributed by atoms with Gasteiger partial charge in [-0.15, -0.1) is 28.7 Å². The summed E-state index contributed by atoms with van der Waals surface area (Å²) in [5.74, 6) is 0.817. The standard InChI is InChI=1S/C15H15INO2.Y/c1-4-17-14(8-7-13(16)15(17)18)12-6-5-11(19-3)9-10(12)2;/h5-7,9H,4H2,1-3H3;/q-1;. The van der Waals surface area contributed by atoms with E-state index in [1.807, 2.05) is 54.6 Å². The van der Waals surface area contributed by atoms with Gasteiger partial charge in [-0.3, -0.25) is 4.79 Å². The van der Waals surface area contributed by atoms with Crippen LogP contribution >= 0.6 is 22.6 Å². The first-order valence-corrected chi connectivity index (χ1v) is 7.12. The second kappa shape index (κ2) is 7.71. The van der Waals surface area contributed by atoms with Crippen LogP contribution in [-0.4, -0.2) is 11.7 Å². The van der Waals surface area contributed by atoms with E-state index in [-0.39, 0.29) is 38.3 Å². The van der Waals surface area contributed by atoms with Crippen molar-refractivity contribution < 1.29 is 37.4 Å². The van der Waals surface area contributed by atoms with Crippen LogP contribution in [0.4, 0.5) is 0 Å². The first-order chi connectivity index (χ1) is 9.08. The quantitative estimate of drug-likeness (QED) is 0.524. The molecular formula is C15H15INO2Y-. The van der Waals surface area contributed by atoms with Gasteiger partial charge >= 0.3 is 0 Å². The van der Waals surface area contributed by atoms with E-state index in [1.165, 1.54) is 0 Å². The Kier molecular flexibility index (Phi) is 6.88. The van der Waals surface area contributed by atoms with E-state index in [4.69, 9.17) is 4.74 Å². The fourth-order valence-corrected chi connectivity index (χ4v) is 2.50. The number of halogens is 1. The zero-order valence-electron chi connectivity index (χ0n) is 11.7. The minimum Gasteiger partial charge on any atom is -0.497 e. The molecule has 3 nitrogen and oxygen atoms in total. The van der Waals surface area contributed by atoms with Crippen LogP contribution < -0.4 is 10.3 Å². The molecule has 1 aromatic heterocycles. The van der Waals surface area contributed by atoms with E-state index in [9.17, 15) is 4.79 Å². The minimum absolute atomic E-state index is 0. The molecule has 0 saturated heterocycles. The average molecular weight is 457 g/mol. The SMILES string of the molecule is CCn1c(-c2ccc(OC)cc2C)[c-]cc(I)c1=O.[Y]. The van der Waals surface area contributed by atoms with Gasteiger partial charge in [-0.25, -0.2) is 0 Å². The molecule has 0 spiro atoms. The summed E-state index contributed by atoms with van der Waals surface area (Å²) in [7, 11) is 1.65. The molecule has 0 atom stereocenters. The number of aromatic nitrogens is 1. The zero-order chi connectivity index (χ0) is 14.0. The third-order valence-corrected chi connectivity index (χ3v) is 3.83. The molecule has 0 saturated carbocycles. The number of benzene rings is 1. The van der Waals surface area contributed by atoms with Gasteiger partial charge < -0.3 is 9.30 Å². The third-order valence-electron chi connectivity index (χ3n) is 3.06. The van der Waals surface area contributed by atoms with Crippen LogP contribution in [0.25, 0.3) is 11.3 Å². The summed E-state index contributed by atoms with van der Waals surface area (Å²) >= 11 is 2.04. The number of nitrogens with zero attached hydrogens (tertiary/aromatic N) is 1. The van der Waals surface area contributed by atoms with Crippen LogP contribution in [0.2, 0.25) is 0 Å². The molecule has 2 rings (SSSR count). The molecule has 103 valence electrons. The van der Waals surface area contributed by atoms with Crippen molar-refractivity contribution in [1.29, 1.82) is 0 Å². The summed E-state index contributed by atoms with van der Waals surface area (Å²) in [6.45, 7) is 4.61. The summed E-state index contributed by atoms with van der Waals surface area (Å²) in [4.78, 5) is 12.1. The van der Waals surface area contributed by atoms with E-state index in [0.717, 1.165) is 22.6 Å². The van der Waals surface area contributed by atoms with Gasteiger partial charge in [-0.2, -0.15) is 12.1 Å². The van der Waals surface area contributed by atoms with E-state index in [1.54, 1.807) is 17.7 Å². The van der Waals surface area contributed by atoms with Crippen LogP contribution in [0.3, 0.4) is 0 Å². The summed E-state index contributed by atoms with van der Waals surface area (Å²) in [5, 5.41) is 0. The Morgan fingerprint density at radius 1 is 1.40 bits per heavy atom. The maximum atomic E-state index is 12.1. The van der Waals surface area contributed by atoms with Crippen molar-refractivity contribution in [2.24, 2.45) is 0 Å².